The van der Waals surface area contributed by atoms with Crippen LogP contribution >= 0.6 is 0 Å². The van der Waals surface area contributed by atoms with Crippen LogP contribution in [0.2, 0.25) is 0 Å². The summed E-state index contributed by atoms with van der Waals surface area (Å²) in [5, 5.41) is 2.74. The van der Waals surface area contributed by atoms with Crippen molar-refractivity contribution in [3.8, 4) is 0 Å². The third-order valence-corrected chi connectivity index (χ3v) is 2.84. The molecule has 0 aliphatic carbocycles. The third-order valence-electron chi connectivity index (χ3n) is 2.84. The lowest BCUT2D eigenvalue weighted by atomic mass is 10.3. The second-order valence-corrected chi connectivity index (χ2v) is 4.34. The van der Waals surface area contributed by atoms with Crippen LogP contribution in [-0.4, -0.2) is 10.9 Å². The van der Waals surface area contributed by atoms with Gasteiger partial charge in [-0.05, 0) is 30.3 Å². The van der Waals surface area contributed by atoms with Crippen molar-refractivity contribution in [3.05, 3.63) is 47.7 Å². The molecule has 2 heterocycles. The van der Waals surface area contributed by atoms with Gasteiger partial charge in [-0.15, -0.1) is 0 Å². The smallest absolute Gasteiger partial charge is 0.291 e. The number of aryl methyl sites for hydroxylation is 1. The van der Waals surface area contributed by atoms with Gasteiger partial charge in [-0.25, -0.2) is 4.98 Å². The number of furan rings is 1. The topological polar surface area (TPSA) is 94.3 Å². The Morgan fingerprint density at radius 3 is 2.90 bits per heavy atom. The van der Waals surface area contributed by atoms with E-state index >= 15 is 0 Å². The van der Waals surface area contributed by atoms with Gasteiger partial charge in [0.15, 0.2) is 17.2 Å². The number of nitrogens with zero attached hydrogens (tertiary/aromatic N) is 1. The Hall–Kier alpha value is -2.60. The highest BCUT2D eigenvalue weighted by molar-refractivity contribution is 6.03. The number of aromatic nitrogens is 1. The number of benzene rings is 1. The Morgan fingerprint density at radius 1 is 1.30 bits per heavy atom. The quantitative estimate of drug-likeness (QED) is 0.763. The second-order valence-electron chi connectivity index (χ2n) is 4.34. The highest BCUT2D eigenvalue weighted by atomic mass is 16.4. The number of carbonyl (C=O) groups is 1. The summed E-state index contributed by atoms with van der Waals surface area (Å²) in [4.78, 5) is 16.2. The van der Waals surface area contributed by atoms with Crippen LogP contribution in [-0.2, 0) is 6.54 Å². The number of carbonyl (C=O) groups excluding carboxylic acids is 1. The van der Waals surface area contributed by atoms with Gasteiger partial charge in [0.05, 0.1) is 6.54 Å². The number of hydrogen-bond acceptors (Lipinski definition) is 5. The van der Waals surface area contributed by atoms with Gasteiger partial charge in [-0.2, -0.15) is 0 Å². The van der Waals surface area contributed by atoms with Crippen LogP contribution in [0.25, 0.3) is 11.1 Å². The maximum atomic E-state index is 12.0. The molecule has 0 aliphatic heterocycles. The monoisotopic (exact) mass is 271 g/mol. The zero-order valence-electron chi connectivity index (χ0n) is 10.8. The minimum Gasteiger partial charge on any atom is -0.455 e. The minimum atomic E-state index is -0.329. The molecule has 1 aromatic carbocycles. The van der Waals surface area contributed by atoms with Crippen molar-refractivity contribution < 1.29 is 13.6 Å². The van der Waals surface area contributed by atoms with Crippen molar-refractivity contribution in [1.29, 1.82) is 0 Å². The average Bonchev–Trinajstić information content (AvgIpc) is 3.03. The largest absolute Gasteiger partial charge is 0.455 e. The molecule has 0 radical (unpaired) electrons. The molecule has 3 aromatic rings. The van der Waals surface area contributed by atoms with Crippen molar-refractivity contribution in [1.82, 2.24) is 4.98 Å². The Balaban J connectivity index is 1.82. The molecule has 1 amide bonds. The molecule has 0 bridgehead atoms. The Bertz CT molecular complexity index is 773. The molecule has 2 aromatic heterocycles. The summed E-state index contributed by atoms with van der Waals surface area (Å²) in [6.07, 6.45) is 0. The molecule has 6 heteroatoms. The van der Waals surface area contributed by atoms with Gasteiger partial charge in [0, 0.05) is 12.6 Å². The lowest BCUT2D eigenvalue weighted by molar-refractivity contribution is 0.0995. The number of hydrogen-bond donors (Lipinski definition) is 2. The SMILES string of the molecule is Cc1nc2cc(NC(=O)c3ccc(CN)o3)ccc2o1. The molecule has 0 saturated carbocycles. The van der Waals surface area contributed by atoms with E-state index in [0.717, 1.165) is 0 Å². The summed E-state index contributed by atoms with van der Waals surface area (Å²) in [5.74, 6) is 1.05. The third kappa shape index (κ3) is 2.28. The molecule has 0 spiro atoms. The van der Waals surface area contributed by atoms with Crippen LogP contribution < -0.4 is 11.1 Å². The van der Waals surface area contributed by atoms with Crippen LogP contribution in [0.1, 0.15) is 22.2 Å². The van der Waals surface area contributed by atoms with Gasteiger partial charge < -0.3 is 19.9 Å². The van der Waals surface area contributed by atoms with Gasteiger partial charge in [0.1, 0.15) is 11.3 Å². The Kier molecular flexibility index (Phi) is 3.00. The number of amides is 1. The lowest BCUT2D eigenvalue weighted by Crippen LogP contribution is -2.10. The number of oxazole rings is 1. The van der Waals surface area contributed by atoms with Crippen molar-refractivity contribution >= 4 is 22.7 Å². The summed E-state index contributed by atoms with van der Waals surface area (Å²) < 4.78 is 10.7. The number of fused-ring (bicyclic) bond motifs is 1. The zero-order chi connectivity index (χ0) is 14.1. The molecule has 6 nitrogen and oxygen atoms in total. The molecule has 3 N–H and O–H groups in total. The van der Waals surface area contributed by atoms with E-state index in [0.29, 0.717) is 28.4 Å². The van der Waals surface area contributed by atoms with E-state index in [1.165, 1.54) is 0 Å². The summed E-state index contributed by atoms with van der Waals surface area (Å²) in [6, 6.07) is 8.53. The van der Waals surface area contributed by atoms with Crippen LogP contribution in [0.5, 0.6) is 0 Å². The average molecular weight is 271 g/mol. The van der Waals surface area contributed by atoms with Crippen molar-refractivity contribution in [3.63, 3.8) is 0 Å². The highest BCUT2D eigenvalue weighted by Crippen LogP contribution is 2.20. The van der Waals surface area contributed by atoms with E-state index in [-0.39, 0.29) is 18.2 Å². The van der Waals surface area contributed by atoms with Crippen molar-refractivity contribution in [2.45, 2.75) is 13.5 Å². The van der Waals surface area contributed by atoms with Gasteiger partial charge in [0.2, 0.25) is 0 Å². The summed E-state index contributed by atoms with van der Waals surface area (Å²) >= 11 is 0. The Labute approximate surface area is 114 Å². The van der Waals surface area contributed by atoms with E-state index in [4.69, 9.17) is 14.6 Å². The first kappa shape index (κ1) is 12.4. The van der Waals surface area contributed by atoms with Crippen molar-refractivity contribution in [2.75, 3.05) is 5.32 Å². The Morgan fingerprint density at radius 2 is 2.15 bits per heavy atom. The standard InChI is InChI=1S/C14H13N3O3/c1-8-16-11-6-9(2-4-12(11)19-8)17-14(18)13-5-3-10(7-15)20-13/h2-6H,7,15H2,1H3,(H,17,18). The number of anilines is 1. The molecule has 0 fully saturated rings. The first-order valence-corrected chi connectivity index (χ1v) is 6.13. The normalized spacial score (nSPS) is 10.9. The number of nitrogens with two attached hydrogens (primary N) is 1. The summed E-state index contributed by atoms with van der Waals surface area (Å²) in [7, 11) is 0. The fourth-order valence-electron chi connectivity index (χ4n) is 1.92. The van der Waals surface area contributed by atoms with E-state index in [1.807, 2.05) is 0 Å². The maximum absolute atomic E-state index is 12.0. The molecule has 20 heavy (non-hydrogen) atoms. The van der Waals surface area contributed by atoms with Crippen LogP contribution in [0.3, 0.4) is 0 Å². The number of rotatable bonds is 3. The lowest BCUT2D eigenvalue weighted by Gasteiger charge is -2.02. The molecule has 102 valence electrons. The van der Waals surface area contributed by atoms with E-state index in [1.54, 1.807) is 37.3 Å². The van der Waals surface area contributed by atoms with Gasteiger partial charge >= 0.3 is 0 Å². The minimum absolute atomic E-state index is 0.224. The molecule has 0 unspecified atom stereocenters. The fourth-order valence-corrected chi connectivity index (χ4v) is 1.92. The van der Waals surface area contributed by atoms with Gasteiger partial charge in [0.25, 0.3) is 5.91 Å². The van der Waals surface area contributed by atoms with Crippen molar-refractivity contribution in [2.24, 2.45) is 5.73 Å². The molecular weight excluding hydrogens is 258 g/mol. The molecule has 0 saturated heterocycles. The highest BCUT2D eigenvalue weighted by Gasteiger charge is 2.12. The first-order chi connectivity index (χ1) is 9.65. The molecule has 3 rings (SSSR count). The van der Waals surface area contributed by atoms with E-state index < -0.39 is 0 Å². The molecule has 0 aliphatic rings. The maximum Gasteiger partial charge on any atom is 0.291 e. The fraction of sp³-hybridized carbons (Fsp3) is 0.143. The first-order valence-electron chi connectivity index (χ1n) is 6.13. The van der Waals surface area contributed by atoms with Crippen LogP contribution in [0.15, 0.2) is 39.2 Å². The molecular formula is C14H13N3O3. The summed E-state index contributed by atoms with van der Waals surface area (Å²) in [6.45, 7) is 2.03. The van der Waals surface area contributed by atoms with Gasteiger partial charge in [-0.3, -0.25) is 4.79 Å². The van der Waals surface area contributed by atoms with E-state index in [2.05, 4.69) is 10.3 Å². The summed E-state index contributed by atoms with van der Waals surface area (Å²) in [5.41, 5.74) is 7.44. The predicted octanol–water partition coefficient (Wildman–Crippen LogP) is 2.44. The zero-order valence-corrected chi connectivity index (χ0v) is 10.8. The van der Waals surface area contributed by atoms with E-state index in [9.17, 15) is 4.79 Å². The second kappa shape index (κ2) is 4.82. The predicted molar refractivity (Wildman–Crippen MR) is 73.3 cm³/mol. The van der Waals surface area contributed by atoms with Crippen LogP contribution in [0, 0.1) is 6.92 Å². The number of nitrogens with one attached hydrogen (secondary N) is 1. The van der Waals surface area contributed by atoms with Crippen LogP contribution in [0.4, 0.5) is 5.69 Å². The molecule has 0 atom stereocenters. The van der Waals surface area contributed by atoms with Gasteiger partial charge in [-0.1, -0.05) is 0 Å².